The predicted octanol–water partition coefficient (Wildman–Crippen LogP) is 2.18. The molecule has 1 aromatic rings. The van der Waals surface area contributed by atoms with Gasteiger partial charge in [0.2, 0.25) is 0 Å². The van der Waals surface area contributed by atoms with E-state index < -0.39 is 5.91 Å². The number of nitrogens with zero attached hydrogens (tertiary/aromatic N) is 1. The van der Waals surface area contributed by atoms with E-state index in [0.717, 1.165) is 63.2 Å². The highest BCUT2D eigenvalue weighted by molar-refractivity contribution is 5.90. The van der Waals surface area contributed by atoms with Crippen LogP contribution in [-0.2, 0) is 16.7 Å². The Balaban J connectivity index is 1.71. The Morgan fingerprint density at radius 2 is 2.08 bits per heavy atom. The third kappa shape index (κ3) is 3.76. The molecule has 1 unspecified atom stereocenters. The number of rotatable bonds is 3. The summed E-state index contributed by atoms with van der Waals surface area (Å²) in [5.41, 5.74) is 5.85. The van der Waals surface area contributed by atoms with Gasteiger partial charge in [0, 0.05) is 37.2 Å². The lowest BCUT2D eigenvalue weighted by molar-refractivity contribution is -0.177. The lowest BCUT2D eigenvalue weighted by atomic mass is 9.82. The Labute approximate surface area is 149 Å². The van der Waals surface area contributed by atoms with E-state index in [9.17, 15) is 9.90 Å². The number of amides is 1. The molecule has 3 heterocycles. The number of aliphatic hydroxyl groups is 1. The summed E-state index contributed by atoms with van der Waals surface area (Å²) in [7, 11) is 0. The van der Waals surface area contributed by atoms with E-state index in [2.05, 4.69) is 25.7 Å². The van der Waals surface area contributed by atoms with Gasteiger partial charge in [-0.25, -0.2) is 0 Å². The molecule has 6 nitrogen and oxygen atoms in total. The Kier molecular flexibility index (Phi) is 4.97. The van der Waals surface area contributed by atoms with E-state index in [1.807, 2.05) is 0 Å². The quantitative estimate of drug-likeness (QED) is 0.872. The molecule has 0 radical (unpaired) electrons. The number of carbonyl (C=O) groups excluding carboxylic acids is 1. The zero-order chi connectivity index (χ0) is 18.2. The number of aliphatic hydroxyl groups excluding tert-OH is 1. The van der Waals surface area contributed by atoms with Crippen LogP contribution < -0.4 is 5.73 Å². The Morgan fingerprint density at radius 3 is 2.64 bits per heavy atom. The first-order valence-electron chi connectivity index (χ1n) is 9.19. The van der Waals surface area contributed by atoms with Crippen LogP contribution in [0, 0.1) is 0 Å². The van der Waals surface area contributed by atoms with E-state index in [1.165, 1.54) is 0 Å². The molecule has 0 bridgehead atoms. The van der Waals surface area contributed by atoms with Crippen LogP contribution in [0.2, 0.25) is 0 Å². The van der Waals surface area contributed by atoms with Gasteiger partial charge >= 0.3 is 0 Å². The van der Waals surface area contributed by atoms with E-state index in [-0.39, 0.29) is 22.9 Å². The van der Waals surface area contributed by atoms with Crippen LogP contribution in [0.1, 0.15) is 68.3 Å². The van der Waals surface area contributed by atoms with Crippen LogP contribution >= 0.6 is 0 Å². The molecule has 1 amide bonds. The van der Waals surface area contributed by atoms with Crippen LogP contribution in [-0.4, -0.2) is 47.3 Å². The van der Waals surface area contributed by atoms with Gasteiger partial charge in [0.25, 0.3) is 5.91 Å². The van der Waals surface area contributed by atoms with Gasteiger partial charge in [-0.1, -0.05) is 20.8 Å². The first-order chi connectivity index (χ1) is 11.7. The number of nitrogens with two attached hydrogens (primary N) is 1. The monoisotopic (exact) mass is 350 g/mol. The number of primary amides is 1. The van der Waals surface area contributed by atoms with E-state index in [1.54, 1.807) is 6.07 Å². The third-order valence-corrected chi connectivity index (χ3v) is 5.45. The highest BCUT2D eigenvalue weighted by Crippen LogP contribution is 2.36. The second kappa shape index (κ2) is 6.74. The Bertz CT molecular complexity index is 624. The molecule has 2 fully saturated rings. The molecule has 140 valence electrons. The van der Waals surface area contributed by atoms with Crippen LogP contribution in [0.4, 0.5) is 0 Å². The van der Waals surface area contributed by atoms with Crippen molar-refractivity contribution in [2.45, 2.75) is 70.1 Å². The number of furan rings is 1. The summed E-state index contributed by atoms with van der Waals surface area (Å²) < 4.78 is 11.7. The minimum Gasteiger partial charge on any atom is -0.455 e. The number of ether oxygens (including phenoxy) is 1. The maximum absolute atomic E-state index is 11.5. The summed E-state index contributed by atoms with van der Waals surface area (Å²) in [4.78, 5) is 13.8. The van der Waals surface area contributed by atoms with E-state index >= 15 is 0 Å². The number of piperidine rings is 1. The van der Waals surface area contributed by atoms with Crippen molar-refractivity contribution in [1.82, 2.24) is 4.90 Å². The molecule has 1 aromatic heterocycles. The minimum absolute atomic E-state index is 0.192. The number of hydrogen-bond donors (Lipinski definition) is 2. The molecule has 25 heavy (non-hydrogen) atoms. The standard InChI is InChI=1S/C19H30N2O4/c1-18(2,3)16-13(11-14(25-16)17(20)23)12-21-8-6-19(7-9-21)15(22)5-4-10-24-19/h11,15,22H,4-10,12H2,1-3H3,(H2,20,23). The first kappa shape index (κ1) is 18.4. The van der Waals surface area contributed by atoms with Crippen molar-refractivity contribution in [3.63, 3.8) is 0 Å². The molecular weight excluding hydrogens is 320 g/mol. The number of likely N-dealkylation sites (tertiary alicyclic amines) is 1. The lowest BCUT2D eigenvalue weighted by Gasteiger charge is -2.46. The van der Waals surface area contributed by atoms with Gasteiger partial charge in [-0.05, 0) is 31.7 Å². The zero-order valence-electron chi connectivity index (χ0n) is 15.5. The highest BCUT2D eigenvalue weighted by atomic mass is 16.5. The number of carbonyl (C=O) groups is 1. The normalized spacial score (nSPS) is 24.6. The van der Waals surface area contributed by atoms with Crippen molar-refractivity contribution in [2.75, 3.05) is 19.7 Å². The maximum atomic E-state index is 11.5. The summed E-state index contributed by atoms with van der Waals surface area (Å²) in [5.74, 6) is 0.503. The summed E-state index contributed by atoms with van der Waals surface area (Å²) in [6.45, 7) is 9.38. The Morgan fingerprint density at radius 1 is 1.40 bits per heavy atom. The fourth-order valence-electron chi connectivity index (χ4n) is 4.02. The van der Waals surface area contributed by atoms with Gasteiger partial charge < -0.3 is 20.0 Å². The molecule has 3 N–H and O–H groups in total. The SMILES string of the molecule is CC(C)(C)c1oc(C(N)=O)cc1CN1CCC2(CC1)OCCCC2O. The summed E-state index contributed by atoms with van der Waals surface area (Å²) >= 11 is 0. The second-order valence-electron chi connectivity index (χ2n) is 8.43. The topological polar surface area (TPSA) is 88.9 Å². The molecule has 2 aliphatic rings. The smallest absolute Gasteiger partial charge is 0.284 e. The van der Waals surface area contributed by atoms with Gasteiger partial charge in [-0.3, -0.25) is 9.69 Å². The maximum Gasteiger partial charge on any atom is 0.284 e. The van der Waals surface area contributed by atoms with E-state index in [0.29, 0.717) is 0 Å². The summed E-state index contributed by atoms with van der Waals surface area (Å²) in [6, 6.07) is 1.78. The fourth-order valence-corrected chi connectivity index (χ4v) is 4.02. The molecule has 6 heteroatoms. The van der Waals surface area contributed by atoms with Crippen molar-refractivity contribution in [2.24, 2.45) is 5.73 Å². The van der Waals surface area contributed by atoms with Gasteiger partial charge in [0.15, 0.2) is 5.76 Å². The predicted molar refractivity (Wildman–Crippen MR) is 94.4 cm³/mol. The minimum atomic E-state index is -0.534. The second-order valence-corrected chi connectivity index (χ2v) is 8.43. The molecule has 2 aliphatic heterocycles. The van der Waals surface area contributed by atoms with Crippen molar-refractivity contribution in [3.05, 3.63) is 23.2 Å². The molecule has 1 atom stereocenters. The lowest BCUT2D eigenvalue weighted by Crippen LogP contribution is -2.55. The fraction of sp³-hybridized carbons (Fsp3) is 0.737. The van der Waals surface area contributed by atoms with Gasteiger partial charge in [-0.2, -0.15) is 0 Å². The van der Waals surface area contributed by atoms with Crippen LogP contribution in [0.25, 0.3) is 0 Å². The Hall–Kier alpha value is -1.37. The molecular formula is C19H30N2O4. The molecule has 0 aliphatic carbocycles. The molecule has 1 spiro atoms. The largest absolute Gasteiger partial charge is 0.455 e. The van der Waals surface area contributed by atoms with Crippen LogP contribution in [0.15, 0.2) is 10.5 Å². The molecule has 0 saturated carbocycles. The van der Waals surface area contributed by atoms with Crippen molar-refractivity contribution >= 4 is 5.91 Å². The van der Waals surface area contributed by atoms with Crippen molar-refractivity contribution < 1.29 is 19.1 Å². The van der Waals surface area contributed by atoms with E-state index in [4.69, 9.17) is 14.9 Å². The molecule has 3 rings (SSSR count). The van der Waals surface area contributed by atoms with Crippen molar-refractivity contribution in [1.29, 1.82) is 0 Å². The third-order valence-electron chi connectivity index (χ3n) is 5.45. The first-order valence-corrected chi connectivity index (χ1v) is 9.19. The summed E-state index contributed by atoms with van der Waals surface area (Å²) in [5, 5.41) is 10.4. The van der Waals surface area contributed by atoms with Crippen LogP contribution in [0.3, 0.4) is 0 Å². The molecule has 0 aromatic carbocycles. The number of hydrogen-bond acceptors (Lipinski definition) is 5. The van der Waals surface area contributed by atoms with Gasteiger partial charge in [0.05, 0.1) is 11.7 Å². The molecule has 2 saturated heterocycles. The van der Waals surface area contributed by atoms with Crippen molar-refractivity contribution in [3.8, 4) is 0 Å². The van der Waals surface area contributed by atoms with Crippen LogP contribution in [0.5, 0.6) is 0 Å². The van der Waals surface area contributed by atoms with Gasteiger partial charge in [-0.15, -0.1) is 0 Å². The highest BCUT2D eigenvalue weighted by Gasteiger charge is 2.43. The van der Waals surface area contributed by atoms with Gasteiger partial charge in [0.1, 0.15) is 5.76 Å². The average molecular weight is 350 g/mol. The average Bonchev–Trinajstić information content (AvgIpc) is 2.97. The zero-order valence-corrected chi connectivity index (χ0v) is 15.5. The summed E-state index contributed by atoms with van der Waals surface area (Å²) in [6.07, 6.45) is 3.08.